The summed E-state index contributed by atoms with van der Waals surface area (Å²) >= 11 is 0. The third-order valence-corrected chi connectivity index (χ3v) is 7.56. The van der Waals surface area contributed by atoms with Crippen molar-refractivity contribution < 1.29 is 9.59 Å². The number of hydrogen-bond donors (Lipinski definition) is 2. The average molecular weight is 535 g/mol. The highest BCUT2D eigenvalue weighted by Crippen LogP contribution is 2.53. The first-order chi connectivity index (χ1) is 19.2. The van der Waals surface area contributed by atoms with Crippen molar-refractivity contribution in [1.29, 1.82) is 0 Å². The first-order valence-electron chi connectivity index (χ1n) is 13.3. The lowest BCUT2D eigenvalue weighted by atomic mass is 9.86. The van der Waals surface area contributed by atoms with E-state index in [0.29, 0.717) is 17.0 Å². The fraction of sp³-hybridized carbons (Fsp3) is 0.300. The summed E-state index contributed by atoms with van der Waals surface area (Å²) in [7, 11) is 1.56. The maximum absolute atomic E-state index is 12.9. The molecule has 1 atom stereocenters. The Bertz CT molecular complexity index is 1750. The van der Waals surface area contributed by atoms with E-state index >= 15 is 0 Å². The number of likely N-dealkylation sites (N-methyl/N-ethyl adjacent to an activating group) is 1. The molecule has 0 spiro atoms. The van der Waals surface area contributed by atoms with Gasteiger partial charge >= 0.3 is 0 Å². The van der Waals surface area contributed by atoms with E-state index < -0.39 is 11.5 Å². The fourth-order valence-corrected chi connectivity index (χ4v) is 5.09. The summed E-state index contributed by atoms with van der Waals surface area (Å²) in [5, 5.41) is 20.2. The summed E-state index contributed by atoms with van der Waals surface area (Å²) in [6.07, 6.45) is 5.34. The molecule has 40 heavy (non-hydrogen) atoms. The SMILES string of the molecule is CNC(=O)C(NC(=O)c1ccc(-c2cnc3nnc(C4(c5ccc6ncccc6c5)CC4)n3n2)cc1)C(C)(C)C. The number of nitrogens with one attached hydrogen (secondary N) is 2. The maximum Gasteiger partial charge on any atom is 0.271 e. The van der Waals surface area contributed by atoms with Crippen molar-refractivity contribution in [3.05, 3.63) is 83.9 Å². The molecule has 3 aromatic heterocycles. The van der Waals surface area contributed by atoms with E-state index in [-0.39, 0.29) is 17.2 Å². The number of benzene rings is 2. The number of carbonyl (C=O) groups excluding carboxylic acids is 2. The van der Waals surface area contributed by atoms with Crippen LogP contribution in [0.4, 0.5) is 0 Å². The average Bonchev–Trinajstić information content (AvgIpc) is 3.66. The summed E-state index contributed by atoms with van der Waals surface area (Å²) in [4.78, 5) is 34.2. The van der Waals surface area contributed by atoms with Gasteiger partial charge in [-0.1, -0.05) is 45.0 Å². The molecule has 0 radical (unpaired) electrons. The monoisotopic (exact) mass is 534 g/mol. The minimum Gasteiger partial charge on any atom is -0.357 e. The van der Waals surface area contributed by atoms with E-state index in [0.717, 1.165) is 40.7 Å². The van der Waals surface area contributed by atoms with Gasteiger partial charge in [0.2, 0.25) is 5.91 Å². The van der Waals surface area contributed by atoms with E-state index in [1.807, 2.05) is 45.0 Å². The van der Waals surface area contributed by atoms with Crippen LogP contribution in [0, 0.1) is 5.41 Å². The Kier molecular flexibility index (Phi) is 6.05. The van der Waals surface area contributed by atoms with E-state index in [1.165, 1.54) is 0 Å². The van der Waals surface area contributed by atoms with Crippen LogP contribution < -0.4 is 10.6 Å². The molecule has 1 aliphatic rings. The van der Waals surface area contributed by atoms with Gasteiger partial charge in [0, 0.05) is 29.8 Å². The number of pyridine rings is 1. The molecule has 1 unspecified atom stereocenters. The van der Waals surface area contributed by atoms with Crippen molar-refractivity contribution in [3.8, 4) is 11.3 Å². The van der Waals surface area contributed by atoms with Crippen LogP contribution in [-0.2, 0) is 10.2 Å². The summed E-state index contributed by atoms with van der Waals surface area (Å²) in [6.45, 7) is 5.73. The van der Waals surface area contributed by atoms with Gasteiger partial charge in [-0.05, 0) is 54.2 Å². The normalized spacial score (nSPS) is 15.1. The molecule has 202 valence electrons. The molecule has 0 aliphatic heterocycles. The highest BCUT2D eigenvalue weighted by atomic mass is 16.2. The van der Waals surface area contributed by atoms with Crippen molar-refractivity contribution in [2.24, 2.45) is 5.41 Å². The third kappa shape index (κ3) is 4.45. The Morgan fingerprint density at radius 1 is 1.00 bits per heavy atom. The molecule has 1 aliphatic carbocycles. The smallest absolute Gasteiger partial charge is 0.271 e. The van der Waals surface area contributed by atoms with Crippen LogP contribution in [0.5, 0.6) is 0 Å². The Hall–Kier alpha value is -4.73. The molecule has 6 rings (SSSR count). The zero-order chi connectivity index (χ0) is 28.1. The lowest BCUT2D eigenvalue weighted by molar-refractivity contribution is -0.124. The molecule has 5 aromatic rings. The summed E-state index contributed by atoms with van der Waals surface area (Å²) < 4.78 is 1.73. The Morgan fingerprint density at radius 2 is 1.77 bits per heavy atom. The van der Waals surface area contributed by atoms with Gasteiger partial charge in [-0.3, -0.25) is 14.6 Å². The topological polar surface area (TPSA) is 127 Å². The molecule has 1 saturated carbocycles. The van der Waals surface area contributed by atoms with Gasteiger partial charge in [-0.15, -0.1) is 10.2 Å². The number of carbonyl (C=O) groups is 2. The van der Waals surface area contributed by atoms with Crippen LogP contribution in [0.15, 0.2) is 67.0 Å². The van der Waals surface area contributed by atoms with Gasteiger partial charge in [0.25, 0.3) is 11.7 Å². The zero-order valence-electron chi connectivity index (χ0n) is 22.8. The molecular formula is C30H30N8O2. The number of nitrogens with zero attached hydrogens (tertiary/aromatic N) is 6. The van der Waals surface area contributed by atoms with Crippen LogP contribution in [0.1, 0.15) is 55.4 Å². The minimum absolute atomic E-state index is 0.236. The van der Waals surface area contributed by atoms with Gasteiger partial charge in [0.1, 0.15) is 11.7 Å². The van der Waals surface area contributed by atoms with E-state index in [2.05, 4.69) is 49.0 Å². The molecular weight excluding hydrogens is 504 g/mol. The minimum atomic E-state index is -0.668. The second-order valence-corrected chi connectivity index (χ2v) is 11.3. The standard InChI is InChI=1S/C30H30N8O2/c1-29(2,3)24(26(40)31-4)34-25(39)19-9-7-18(8-10-19)23-17-33-28-36-35-27(38(28)37-23)30(13-14-30)21-11-12-22-20(16-21)6-5-15-32-22/h5-12,15-17,24H,13-14H2,1-4H3,(H,31,40)(H,34,39). The maximum atomic E-state index is 12.9. The second-order valence-electron chi connectivity index (χ2n) is 11.3. The first-order valence-corrected chi connectivity index (χ1v) is 13.3. The van der Waals surface area contributed by atoms with Crippen LogP contribution in [0.25, 0.3) is 27.9 Å². The summed E-state index contributed by atoms with van der Waals surface area (Å²) in [5.74, 6) is 0.642. The Labute approximate surface area is 231 Å². The predicted molar refractivity (Wildman–Crippen MR) is 151 cm³/mol. The van der Waals surface area contributed by atoms with Crippen LogP contribution >= 0.6 is 0 Å². The van der Waals surface area contributed by atoms with Crippen molar-refractivity contribution in [2.75, 3.05) is 7.05 Å². The molecule has 3 heterocycles. The molecule has 1 fully saturated rings. The van der Waals surface area contributed by atoms with Gasteiger partial charge in [0.05, 0.1) is 17.1 Å². The molecule has 2 N–H and O–H groups in total. The summed E-state index contributed by atoms with van der Waals surface area (Å²) in [5.41, 5.74) is 3.28. The molecule has 10 nitrogen and oxygen atoms in total. The van der Waals surface area contributed by atoms with Crippen molar-refractivity contribution >= 4 is 28.5 Å². The number of aromatic nitrogens is 6. The highest BCUT2D eigenvalue weighted by Gasteiger charge is 2.50. The zero-order valence-corrected chi connectivity index (χ0v) is 22.8. The van der Waals surface area contributed by atoms with E-state index in [4.69, 9.17) is 5.10 Å². The van der Waals surface area contributed by atoms with E-state index in [1.54, 1.807) is 36.1 Å². The highest BCUT2D eigenvalue weighted by molar-refractivity contribution is 5.98. The Morgan fingerprint density at radius 3 is 2.48 bits per heavy atom. The van der Waals surface area contributed by atoms with Crippen LogP contribution in [0.2, 0.25) is 0 Å². The van der Waals surface area contributed by atoms with E-state index in [9.17, 15) is 9.59 Å². The molecule has 0 bridgehead atoms. The van der Waals surface area contributed by atoms with Gasteiger partial charge < -0.3 is 10.6 Å². The largest absolute Gasteiger partial charge is 0.357 e. The van der Waals surface area contributed by atoms with Crippen molar-refractivity contribution in [3.63, 3.8) is 0 Å². The van der Waals surface area contributed by atoms with Gasteiger partial charge in [-0.2, -0.15) is 9.61 Å². The number of amides is 2. The van der Waals surface area contributed by atoms with Crippen LogP contribution in [-0.4, -0.2) is 54.7 Å². The van der Waals surface area contributed by atoms with Gasteiger partial charge in [-0.25, -0.2) is 4.98 Å². The fourth-order valence-electron chi connectivity index (χ4n) is 5.09. The molecule has 2 aromatic carbocycles. The summed E-state index contributed by atoms with van der Waals surface area (Å²) in [6, 6.07) is 16.7. The lowest BCUT2D eigenvalue weighted by Crippen LogP contribution is -2.52. The second kappa shape index (κ2) is 9.48. The quantitative estimate of drug-likeness (QED) is 0.340. The number of rotatable bonds is 6. The number of fused-ring (bicyclic) bond motifs is 2. The third-order valence-electron chi connectivity index (χ3n) is 7.56. The molecule has 2 amide bonds. The predicted octanol–water partition coefficient (Wildman–Crippen LogP) is 3.70. The van der Waals surface area contributed by atoms with Crippen molar-refractivity contribution in [2.45, 2.75) is 45.1 Å². The Balaban J connectivity index is 1.29. The molecule has 0 saturated heterocycles. The van der Waals surface area contributed by atoms with Crippen molar-refractivity contribution in [1.82, 2.24) is 40.4 Å². The van der Waals surface area contributed by atoms with Gasteiger partial charge in [0.15, 0.2) is 5.82 Å². The molecule has 10 heteroatoms. The van der Waals surface area contributed by atoms with Crippen LogP contribution in [0.3, 0.4) is 0 Å². The lowest BCUT2D eigenvalue weighted by Gasteiger charge is -2.29. The first kappa shape index (κ1) is 25.5. The number of hydrogen-bond acceptors (Lipinski definition) is 7.